The third-order valence-corrected chi connectivity index (χ3v) is 13.7. The van der Waals surface area contributed by atoms with Crippen molar-refractivity contribution < 1.29 is 39.7 Å². The summed E-state index contributed by atoms with van der Waals surface area (Å²) in [5, 5.41) is 2.19. The van der Waals surface area contributed by atoms with Gasteiger partial charge in [0, 0.05) is 17.1 Å². The third kappa shape index (κ3) is 7.25. The van der Waals surface area contributed by atoms with E-state index in [0.29, 0.717) is 0 Å². The van der Waals surface area contributed by atoms with E-state index in [1.54, 1.807) is 20.8 Å². The van der Waals surface area contributed by atoms with Crippen LogP contribution in [0.2, 0.25) is 16.6 Å². The Kier molecular flexibility index (Phi) is 9.46. The second-order valence-electron chi connectivity index (χ2n) is 11.3. The van der Waals surface area contributed by atoms with Gasteiger partial charge < -0.3 is 8.92 Å². The SMILES string of the molecule is CC(C)[Si](C#Cc1c(F)ccc2cc(NC(=O)OC(C)(C)C)cc(OS(=O)(=O)C(F)(F)F)c12)(C(C)C)C(C)C. The Bertz CT molecular complexity index is 1380. The highest BCUT2D eigenvalue weighted by Crippen LogP contribution is 2.42. The van der Waals surface area contributed by atoms with Gasteiger partial charge in [0.1, 0.15) is 19.5 Å². The Morgan fingerprint density at radius 1 is 0.974 bits per heavy atom. The van der Waals surface area contributed by atoms with Gasteiger partial charge in [0.15, 0.2) is 5.75 Å². The molecule has 0 saturated carbocycles. The topological polar surface area (TPSA) is 81.7 Å². The molecule has 0 saturated heterocycles. The summed E-state index contributed by atoms with van der Waals surface area (Å²) in [6.45, 7) is 17.1. The van der Waals surface area contributed by atoms with Crippen LogP contribution in [0.5, 0.6) is 5.75 Å². The van der Waals surface area contributed by atoms with Crippen LogP contribution < -0.4 is 9.50 Å². The van der Waals surface area contributed by atoms with Crippen molar-refractivity contribution in [2.45, 2.75) is 90.0 Å². The minimum Gasteiger partial charge on any atom is -0.444 e. The molecule has 0 heterocycles. The Labute approximate surface area is 228 Å². The van der Waals surface area contributed by atoms with E-state index in [2.05, 4.69) is 21.0 Å². The largest absolute Gasteiger partial charge is 0.534 e. The van der Waals surface area contributed by atoms with Crippen LogP contribution in [0.3, 0.4) is 0 Å². The number of rotatable bonds is 6. The predicted octanol–water partition coefficient (Wildman–Crippen LogP) is 8.12. The van der Waals surface area contributed by atoms with E-state index >= 15 is 4.39 Å². The number of anilines is 1. The summed E-state index contributed by atoms with van der Waals surface area (Å²) in [6, 6.07) is 4.53. The predicted molar refractivity (Wildman–Crippen MR) is 147 cm³/mol. The molecule has 216 valence electrons. The summed E-state index contributed by atoms with van der Waals surface area (Å²) < 4.78 is 88.7. The molecule has 1 amide bonds. The van der Waals surface area contributed by atoms with Crippen LogP contribution in [-0.4, -0.2) is 33.7 Å². The van der Waals surface area contributed by atoms with E-state index in [1.165, 1.54) is 12.1 Å². The minimum atomic E-state index is -6.14. The molecule has 0 unspecified atom stereocenters. The lowest BCUT2D eigenvalue weighted by molar-refractivity contribution is -0.0499. The summed E-state index contributed by atoms with van der Waals surface area (Å²) in [7, 11) is -8.55. The zero-order valence-electron chi connectivity index (χ0n) is 23.5. The van der Waals surface area contributed by atoms with Crippen LogP contribution in [0.4, 0.5) is 28.0 Å². The molecular formula is C27H35F4NO5SSi. The van der Waals surface area contributed by atoms with Gasteiger partial charge in [0.2, 0.25) is 0 Å². The summed E-state index contributed by atoms with van der Waals surface area (Å²) in [4.78, 5) is 12.3. The number of fused-ring (bicyclic) bond motifs is 1. The molecule has 0 aliphatic carbocycles. The molecule has 2 rings (SSSR count). The average molecular weight is 590 g/mol. The van der Waals surface area contributed by atoms with E-state index in [-0.39, 0.29) is 38.6 Å². The lowest BCUT2D eigenvalue weighted by atomic mass is 10.0. The van der Waals surface area contributed by atoms with Gasteiger partial charge >= 0.3 is 21.7 Å². The third-order valence-electron chi connectivity index (χ3n) is 6.43. The number of carbonyl (C=O) groups excluding carboxylic acids is 1. The molecule has 0 aliphatic heterocycles. The Morgan fingerprint density at radius 2 is 1.51 bits per heavy atom. The van der Waals surface area contributed by atoms with Gasteiger partial charge in [-0.3, -0.25) is 5.32 Å². The van der Waals surface area contributed by atoms with Crippen molar-refractivity contribution in [3.8, 4) is 17.2 Å². The van der Waals surface area contributed by atoms with Gasteiger partial charge in [-0.05, 0) is 54.9 Å². The molecule has 1 N–H and O–H groups in total. The fourth-order valence-corrected chi connectivity index (χ4v) is 10.5. The molecule has 12 heteroatoms. The number of ether oxygens (including phenoxy) is 1. The normalized spacial score (nSPS) is 13.0. The van der Waals surface area contributed by atoms with Crippen molar-refractivity contribution in [1.29, 1.82) is 0 Å². The van der Waals surface area contributed by atoms with Crippen LogP contribution >= 0.6 is 0 Å². The second kappa shape index (κ2) is 11.4. The summed E-state index contributed by atoms with van der Waals surface area (Å²) in [5.41, 5.74) is -3.21. The maximum Gasteiger partial charge on any atom is 0.534 e. The fourth-order valence-electron chi connectivity index (χ4n) is 4.85. The number of carbonyl (C=O) groups is 1. The number of hydrogen-bond donors (Lipinski definition) is 1. The lowest BCUT2D eigenvalue weighted by Crippen LogP contribution is -2.43. The van der Waals surface area contributed by atoms with Gasteiger partial charge in [-0.2, -0.15) is 21.6 Å². The Morgan fingerprint density at radius 3 is 1.97 bits per heavy atom. The number of alkyl halides is 3. The number of hydrogen-bond acceptors (Lipinski definition) is 5. The monoisotopic (exact) mass is 589 g/mol. The van der Waals surface area contributed by atoms with E-state index in [0.717, 1.165) is 12.1 Å². The van der Waals surface area contributed by atoms with Crippen molar-refractivity contribution in [2.24, 2.45) is 0 Å². The first-order valence-electron chi connectivity index (χ1n) is 12.4. The first-order valence-corrected chi connectivity index (χ1v) is 16.1. The van der Waals surface area contributed by atoms with Crippen LogP contribution in [0.1, 0.15) is 67.9 Å². The summed E-state index contributed by atoms with van der Waals surface area (Å²) in [5.74, 6) is 1.19. The maximum absolute atomic E-state index is 15.2. The molecule has 0 aliphatic rings. The molecule has 2 aromatic rings. The van der Waals surface area contributed by atoms with E-state index < -0.39 is 47.0 Å². The Hall–Kier alpha value is -2.78. The summed E-state index contributed by atoms with van der Waals surface area (Å²) in [6.07, 6.45) is -0.935. The molecule has 39 heavy (non-hydrogen) atoms. The zero-order chi connectivity index (χ0) is 30.1. The average Bonchev–Trinajstić information content (AvgIpc) is 2.72. The van der Waals surface area contributed by atoms with Crippen molar-refractivity contribution >= 4 is 40.7 Å². The Balaban J connectivity index is 2.90. The van der Waals surface area contributed by atoms with E-state index in [9.17, 15) is 26.4 Å². The standard InChI is InChI=1S/C27H35F4NO5SSi/c1-16(2)39(17(3)4,18(5)6)13-12-21-22(28)11-10-19-14-20(32-25(33)36-26(7,8)9)15-23(24(19)21)37-38(34,35)27(29,30)31/h10-11,14-18H,1-9H3,(H,32,33). The molecule has 0 atom stereocenters. The highest BCUT2D eigenvalue weighted by Gasteiger charge is 2.49. The van der Waals surface area contributed by atoms with Gasteiger partial charge in [0.05, 0.1) is 5.56 Å². The van der Waals surface area contributed by atoms with Crippen LogP contribution in [0, 0.1) is 17.3 Å². The molecule has 0 bridgehead atoms. The smallest absolute Gasteiger partial charge is 0.444 e. The highest BCUT2D eigenvalue weighted by atomic mass is 32.2. The number of benzene rings is 2. The number of amides is 1. The van der Waals surface area contributed by atoms with Crippen molar-refractivity contribution in [3.63, 3.8) is 0 Å². The van der Waals surface area contributed by atoms with Crippen LogP contribution in [0.15, 0.2) is 24.3 Å². The quantitative estimate of drug-likeness (QED) is 0.121. The second-order valence-corrected chi connectivity index (χ2v) is 18.4. The van der Waals surface area contributed by atoms with Crippen molar-refractivity contribution in [3.05, 3.63) is 35.6 Å². The maximum atomic E-state index is 15.2. The van der Waals surface area contributed by atoms with E-state index in [4.69, 9.17) is 4.74 Å². The van der Waals surface area contributed by atoms with Gasteiger partial charge in [-0.15, -0.1) is 5.54 Å². The van der Waals surface area contributed by atoms with Crippen LogP contribution in [-0.2, 0) is 14.9 Å². The zero-order valence-corrected chi connectivity index (χ0v) is 25.3. The molecule has 0 radical (unpaired) electrons. The molecule has 2 aromatic carbocycles. The lowest BCUT2D eigenvalue weighted by Gasteiger charge is -2.38. The fraction of sp³-hybridized carbons (Fsp3) is 0.519. The van der Waals surface area contributed by atoms with Crippen molar-refractivity contribution in [1.82, 2.24) is 0 Å². The highest BCUT2D eigenvalue weighted by molar-refractivity contribution is 7.88. The number of halogens is 4. The van der Waals surface area contributed by atoms with Gasteiger partial charge in [-0.25, -0.2) is 9.18 Å². The minimum absolute atomic E-state index is 0.104. The van der Waals surface area contributed by atoms with Gasteiger partial charge in [-0.1, -0.05) is 53.5 Å². The molecule has 6 nitrogen and oxygen atoms in total. The molecule has 0 fully saturated rings. The molecule has 0 spiro atoms. The number of nitrogens with one attached hydrogen (secondary N) is 1. The van der Waals surface area contributed by atoms with Crippen molar-refractivity contribution in [2.75, 3.05) is 5.32 Å². The first kappa shape index (κ1) is 32.4. The molecule has 0 aromatic heterocycles. The van der Waals surface area contributed by atoms with Crippen LogP contribution in [0.25, 0.3) is 10.8 Å². The first-order chi connectivity index (χ1) is 17.6. The summed E-state index contributed by atoms with van der Waals surface area (Å²) >= 11 is 0. The molecular weight excluding hydrogens is 554 g/mol. The van der Waals surface area contributed by atoms with Gasteiger partial charge in [0.25, 0.3) is 0 Å². The van der Waals surface area contributed by atoms with E-state index in [1.807, 2.05) is 41.5 Å².